The van der Waals surface area contributed by atoms with Crippen LogP contribution in [0.15, 0.2) is 0 Å². The number of rotatable bonds is 2. The first-order valence-corrected chi connectivity index (χ1v) is 2.19. The summed E-state index contributed by atoms with van der Waals surface area (Å²) >= 11 is 0. The van der Waals surface area contributed by atoms with E-state index in [0.29, 0.717) is 0 Å². The van der Waals surface area contributed by atoms with E-state index in [9.17, 15) is 9.59 Å². The summed E-state index contributed by atoms with van der Waals surface area (Å²) < 4.78 is 4.10. The molecule has 0 heterocycles. The molecule has 0 aliphatic heterocycles. The quantitative estimate of drug-likeness (QED) is 0.216. The first kappa shape index (κ1) is 12.3. The third-order valence-electron chi connectivity index (χ3n) is 0.730. The average Bonchev–Trinajstić information content (AvgIpc) is 1.90. The van der Waals surface area contributed by atoms with Gasteiger partial charge in [-0.15, -0.1) is 0 Å². The summed E-state index contributed by atoms with van der Waals surface area (Å²) in [5, 5.41) is 8.05. The zero-order valence-corrected chi connectivity index (χ0v) is 4.83. The van der Waals surface area contributed by atoms with Gasteiger partial charge in [0.2, 0.25) is 0 Å². The number of hydrogen-bond donors (Lipinski definition) is 0. The molecule has 0 aromatic carbocycles. The van der Waals surface area contributed by atoms with Crippen LogP contribution < -0.4 is 0 Å². The molecule has 0 bridgehead atoms. The van der Waals surface area contributed by atoms with Crippen LogP contribution in [0.2, 0.25) is 0 Å². The van der Waals surface area contributed by atoms with Gasteiger partial charge in [-0.05, 0) is 0 Å². The summed E-state index contributed by atoms with van der Waals surface area (Å²) in [5.74, 6) is -2.08. The molecule has 1 unspecified atom stereocenters. The third kappa shape index (κ3) is 3.62. The molecular weight excluding hydrogens is 145 g/mol. The van der Waals surface area contributed by atoms with Gasteiger partial charge >= 0.3 is 35.5 Å². The second-order valence-corrected chi connectivity index (χ2v) is 1.27. The van der Waals surface area contributed by atoms with E-state index in [1.54, 1.807) is 0 Å². The summed E-state index contributed by atoms with van der Waals surface area (Å²) in [5.41, 5.74) is 0. The molecule has 5 heteroatoms. The van der Waals surface area contributed by atoms with Gasteiger partial charge in [0.15, 0.2) is 5.92 Å². The summed E-state index contributed by atoms with van der Waals surface area (Å²) in [6.45, 7) is 0. The fourth-order valence-electron chi connectivity index (χ4n) is 0.266. The van der Waals surface area contributed by atoms with Crippen LogP contribution >= 0.6 is 0 Å². The predicted octanol–water partition coefficient (Wildman–Crippen LogP) is -1.15. The van der Waals surface area contributed by atoms with E-state index in [0.717, 1.165) is 7.11 Å². The molecule has 0 rings (SSSR count). The Morgan fingerprint density at radius 2 is 2.30 bits per heavy atom. The molecule has 0 aromatic heterocycles. The van der Waals surface area contributed by atoms with E-state index in [1.165, 1.54) is 6.07 Å². The summed E-state index contributed by atoms with van der Waals surface area (Å²) in [4.78, 5) is 20.1. The first-order chi connectivity index (χ1) is 4.26. The molecule has 0 saturated heterocycles. The Labute approximate surface area is 80.4 Å². The SMILES string of the molecule is COC(=O)C(C#N)C=O.[NaH]. The number of nitriles is 1. The Balaban J connectivity index is 0. The molecule has 0 fully saturated rings. The van der Waals surface area contributed by atoms with Gasteiger partial charge in [-0.2, -0.15) is 5.26 Å². The molecule has 0 amide bonds. The van der Waals surface area contributed by atoms with Crippen molar-refractivity contribution in [2.24, 2.45) is 5.92 Å². The molecule has 50 valence electrons. The van der Waals surface area contributed by atoms with Crippen molar-refractivity contribution in [3.05, 3.63) is 0 Å². The van der Waals surface area contributed by atoms with Crippen molar-refractivity contribution in [2.45, 2.75) is 0 Å². The van der Waals surface area contributed by atoms with Gasteiger partial charge < -0.3 is 9.53 Å². The van der Waals surface area contributed by atoms with Gasteiger partial charge in [-0.3, -0.25) is 4.79 Å². The number of aldehydes is 1. The average molecular weight is 151 g/mol. The second kappa shape index (κ2) is 6.75. The summed E-state index contributed by atoms with van der Waals surface area (Å²) in [6, 6.07) is 1.46. The standard InChI is InChI=1S/C5H5NO3.Na.H/c1-9-5(8)4(2-6)3-7;;/h3-4H,1H3;;. The summed E-state index contributed by atoms with van der Waals surface area (Å²) in [6.07, 6.45) is 0.242. The molecule has 0 N–H and O–H groups in total. The van der Waals surface area contributed by atoms with Crippen LogP contribution in [0.5, 0.6) is 0 Å². The minimum absolute atomic E-state index is 0. The van der Waals surface area contributed by atoms with Gasteiger partial charge in [0.05, 0.1) is 13.2 Å². The zero-order chi connectivity index (χ0) is 7.28. The molecule has 4 nitrogen and oxygen atoms in total. The first-order valence-electron chi connectivity index (χ1n) is 2.19. The molecule has 0 aliphatic carbocycles. The van der Waals surface area contributed by atoms with Crippen LogP contribution in [0.3, 0.4) is 0 Å². The van der Waals surface area contributed by atoms with Gasteiger partial charge in [-0.25, -0.2) is 0 Å². The van der Waals surface area contributed by atoms with E-state index >= 15 is 0 Å². The number of carbonyl (C=O) groups excluding carboxylic acids is 2. The van der Waals surface area contributed by atoms with E-state index in [2.05, 4.69) is 4.74 Å². The monoisotopic (exact) mass is 151 g/mol. The third-order valence-corrected chi connectivity index (χ3v) is 0.730. The van der Waals surface area contributed by atoms with Crippen LogP contribution in [-0.4, -0.2) is 48.9 Å². The Morgan fingerprint density at radius 3 is 2.40 bits per heavy atom. The van der Waals surface area contributed by atoms with Crippen molar-refractivity contribution in [3.8, 4) is 6.07 Å². The van der Waals surface area contributed by atoms with Gasteiger partial charge in [0.25, 0.3) is 0 Å². The van der Waals surface area contributed by atoms with Gasteiger partial charge in [0, 0.05) is 0 Å². The molecular formula is C5H6NNaO3. The number of methoxy groups -OCH3 is 1. The van der Waals surface area contributed by atoms with Crippen LogP contribution in [0.1, 0.15) is 0 Å². The van der Waals surface area contributed by atoms with Crippen molar-refractivity contribution in [1.82, 2.24) is 0 Å². The number of esters is 1. The second-order valence-electron chi connectivity index (χ2n) is 1.27. The molecule has 1 atom stereocenters. The normalized spacial score (nSPS) is 10.0. The zero-order valence-electron chi connectivity index (χ0n) is 4.83. The van der Waals surface area contributed by atoms with Crippen LogP contribution in [-0.2, 0) is 14.3 Å². The van der Waals surface area contributed by atoms with E-state index in [1.807, 2.05) is 0 Å². The number of hydrogen-bond acceptors (Lipinski definition) is 4. The van der Waals surface area contributed by atoms with Gasteiger partial charge in [0.1, 0.15) is 6.29 Å². The number of ether oxygens (including phenoxy) is 1. The topological polar surface area (TPSA) is 67.2 Å². The van der Waals surface area contributed by atoms with Crippen molar-refractivity contribution in [2.75, 3.05) is 7.11 Å². The van der Waals surface area contributed by atoms with E-state index in [-0.39, 0.29) is 35.8 Å². The molecule has 0 spiro atoms. The Hall–Kier alpha value is -0.370. The van der Waals surface area contributed by atoms with Crippen molar-refractivity contribution in [1.29, 1.82) is 5.26 Å². The van der Waals surface area contributed by atoms with Crippen molar-refractivity contribution in [3.63, 3.8) is 0 Å². The molecule has 0 aromatic rings. The number of carbonyl (C=O) groups is 2. The Kier molecular flexibility index (Phi) is 8.31. The molecule has 0 aliphatic rings. The molecule has 10 heavy (non-hydrogen) atoms. The van der Waals surface area contributed by atoms with Crippen molar-refractivity contribution >= 4 is 41.8 Å². The Bertz CT molecular complexity index is 163. The molecule has 0 radical (unpaired) electrons. The maximum absolute atomic E-state index is 10.3. The van der Waals surface area contributed by atoms with E-state index in [4.69, 9.17) is 5.26 Å². The number of nitrogens with zero attached hydrogens (tertiary/aromatic N) is 1. The maximum atomic E-state index is 10.3. The fourth-order valence-corrected chi connectivity index (χ4v) is 0.266. The molecule has 0 saturated carbocycles. The van der Waals surface area contributed by atoms with Crippen LogP contribution in [0, 0.1) is 17.2 Å². The minimum atomic E-state index is -1.27. The van der Waals surface area contributed by atoms with Crippen LogP contribution in [0.4, 0.5) is 0 Å². The van der Waals surface area contributed by atoms with Crippen molar-refractivity contribution < 1.29 is 14.3 Å². The van der Waals surface area contributed by atoms with E-state index < -0.39 is 11.9 Å². The fraction of sp³-hybridized carbons (Fsp3) is 0.400. The van der Waals surface area contributed by atoms with Crippen LogP contribution in [0.25, 0.3) is 0 Å². The Morgan fingerprint density at radius 1 is 1.80 bits per heavy atom. The summed E-state index contributed by atoms with van der Waals surface area (Å²) in [7, 11) is 1.12. The predicted molar refractivity (Wildman–Crippen MR) is 34.3 cm³/mol. The van der Waals surface area contributed by atoms with Gasteiger partial charge in [-0.1, -0.05) is 0 Å².